The van der Waals surface area contributed by atoms with Crippen molar-refractivity contribution >= 4 is 17.9 Å². The minimum absolute atomic E-state index is 0.159. The van der Waals surface area contributed by atoms with Crippen LogP contribution in [-0.4, -0.2) is 87.4 Å². The van der Waals surface area contributed by atoms with E-state index in [0.717, 1.165) is 116 Å². The zero-order valence-electron chi connectivity index (χ0n) is 46.0. The maximum absolute atomic E-state index is 12.8. The van der Waals surface area contributed by atoms with Crippen molar-refractivity contribution in [2.45, 2.75) is 167 Å². The number of hydrogen-bond donors (Lipinski definition) is 1. The molecule has 0 saturated carbocycles. The van der Waals surface area contributed by atoms with Crippen molar-refractivity contribution in [3.05, 3.63) is 170 Å². The largest absolute Gasteiger partial charge is 0.477 e. The summed E-state index contributed by atoms with van der Waals surface area (Å²) in [6.45, 7) is 4.48. The molecule has 0 spiro atoms. The minimum atomic E-state index is -1.55. The van der Waals surface area contributed by atoms with Crippen molar-refractivity contribution < 1.29 is 42.9 Å². The van der Waals surface area contributed by atoms with Gasteiger partial charge in [-0.25, -0.2) is 4.79 Å². The van der Waals surface area contributed by atoms with Gasteiger partial charge in [-0.2, -0.15) is 0 Å². The van der Waals surface area contributed by atoms with Crippen molar-refractivity contribution in [3.63, 3.8) is 0 Å². The number of likely N-dealkylation sites (N-methyl/N-ethyl adjacent to an activating group) is 1. The number of aliphatic carboxylic acids is 1. The first kappa shape index (κ1) is 67.6. The lowest BCUT2D eigenvalue weighted by molar-refractivity contribution is -0.870. The molecule has 0 aromatic rings. The van der Waals surface area contributed by atoms with Crippen molar-refractivity contribution in [1.29, 1.82) is 0 Å². The number of carbonyl (C=O) groups excluding carboxylic acids is 2. The first-order valence-electron chi connectivity index (χ1n) is 27.3. The van der Waals surface area contributed by atoms with Crippen LogP contribution in [-0.2, 0) is 33.3 Å². The predicted molar refractivity (Wildman–Crippen MR) is 308 cm³/mol. The van der Waals surface area contributed by atoms with Gasteiger partial charge in [0.05, 0.1) is 34.4 Å². The molecule has 2 unspecified atom stereocenters. The molecular weight excluding hydrogens is 911 g/mol. The smallest absolute Gasteiger partial charge is 0.361 e. The van der Waals surface area contributed by atoms with Crippen molar-refractivity contribution in [2.75, 3.05) is 47.5 Å². The van der Waals surface area contributed by atoms with Gasteiger partial charge in [-0.05, 0) is 116 Å². The van der Waals surface area contributed by atoms with Crippen LogP contribution < -0.4 is 0 Å². The predicted octanol–water partition coefficient (Wildman–Crippen LogP) is 16.0. The average Bonchev–Trinajstić information content (AvgIpc) is 3.36. The number of unbranched alkanes of at least 4 members (excludes halogenated alkanes) is 4. The van der Waals surface area contributed by atoms with Gasteiger partial charge in [0.2, 0.25) is 0 Å². The van der Waals surface area contributed by atoms with E-state index >= 15 is 0 Å². The highest BCUT2D eigenvalue weighted by Crippen LogP contribution is 2.11. The van der Waals surface area contributed by atoms with E-state index < -0.39 is 30.3 Å². The maximum Gasteiger partial charge on any atom is 0.361 e. The Morgan fingerprint density at radius 2 is 0.767 bits per heavy atom. The molecule has 1 N–H and O–H groups in total. The number of carboxylic acid groups (broad SMARTS) is 1. The van der Waals surface area contributed by atoms with Gasteiger partial charge in [0.1, 0.15) is 13.2 Å². The Balaban J connectivity index is 4.50. The number of carboxylic acids is 1. The number of hydrogen-bond acceptors (Lipinski definition) is 7. The van der Waals surface area contributed by atoms with Crippen LogP contribution in [0.2, 0.25) is 0 Å². The van der Waals surface area contributed by atoms with Crippen LogP contribution in [0, 0.1) is 0 Å². The molecule has 9 heteroatoms. The van der Waals surface area contributed by atoms with Gasteiger partial charge in [-0.3, -0.25) is 9.59 Å². The molecule has 0 rings (SSSR count). The first-order valence-corrected chi connectivity index (χ1v) is 27.3. The summed E-state index contributed by atoms with van der Waals surface area (Å²) in [5, 5.41) is 9.68. The summed E-state index contributed by atoms with van der Waals surface area (Å²) >= 11 is 0. The van der Waals surface area contributed by atoms with Crippen LogP contribution in [0.1, 0.15) is 155 Å². The summed E-state index contributed by atoms with van der Waals surface area (Å²) in [6.07, 6.45) is 77.3. The molecular formula is C64H98NO8+. The molecule has 0 fully saturated rings. The van der Waals surface area contributed by atoms with Crippen LogP contribution in [0.25, 0.3) is 0 Å². The Kier molecular flexibility index (Phi) is 49.1. The average molecular weight is 1010 g/mol. The van der Waals surface area contributed by atoms with Crippen LogP contribution in [0.15, 0.2) is 170 Å². The molecule has 0 aliphatic rings. The van der Waals surface area contributed by atoms with Gasteiger partial charge < -0.3 is 28.5 Å². The zero-order valence-corrected chi connectivity index (χ0v) is 46.0. The van der Waals surface area contributed by atoms with Crippen molar-refractivity contribution in [3.8, 4) is 0 Å². The standard InChI is InChI=1S/C64H97NO8/c1-6-8-10-12-14-16-18-20-22-24-26-27-28-29-30-31-32-33-34-35-37-39-41-43-45-47-49-51-53-55-62(67)73-60(59-72-64(63(68)69)70-57-56-65(3,4)5)58-71-61(66)54-52-50-48-46-44-42-40-38-36-25-23-21-19-17-15-13-11-9-7-2/h8-11,14-17,20-23,26-27,29-30,32-33,35-38,41-44,48,50,60,64H,6-7,12-13,18-19,24-25,28,31,34,39-40,45-47,49,51-59H2,1-5H3/p+1/b10-8-,11-9-,16-14-,17-15-,22-20-,23-21-,27-26-,30-29-,33-32-,37-35-,38-36-,43-41-,44-42-,50-48-. The van der Waals surface area contributed by atoms with Crippen LogP contribution in [0.5, 0.6) is 0 Å². The summed E-state index contributed by atoms with van der Waals surface area (Å²) in [7, 11) is 5.91. The molecule has 9 nitrogen and oxygen atoms in total. The second-order valence-corrected chi connectivity index (χ2v) is 18.4. The summed E-state index contributed by atoms with van der Waals surface area (Å²) in [5.74, 6) is -2.18. The van der Waals surface area contributed by atoms with Gasteiger partial charge in [-0.1, -0.05) is 197 Å². The molecule has 73 heavy (non-hydrogen) atoms. The quantitative estimate of drug-likeness (QED) is 0.0211. The maximum atomic E-state index is 12.8. The third-order valence-corrected chi connectivity index (χ3v) is 10.5. The van der Waals surface area contributed by atoms with Crippen molar-refractivity contribution in [2.24, 2.45) is 0 Å². The summed E-state index contributed by atoms with van der Waals surface area (Å²) in [5.41, 5.74) is 0. The van der Waals surface area contributed by atoms with Gasteiger partial charge in [0, 0.05) is 12.8 Å². The Bertz CT molecular complexity index is 1790. The molecule has 0 saturated heterocycles. The SMILES string of the molecule is CC/C=C\C/C=C\C/C=C\C/C=C\C/C=C\C/C=C\C/C=C\C/C=C\CCCCCCC(=O)OC(COC(=O)CC/C=C\C/C=C\C/C=C\C/C=C\C/C=C\C/C=C\CC)COC(OCC[N+](C)(C)C)C(=O)O. The second-order valence-electron chi connectivity index (χ2n) is 18.4. The van der Waals surface area contributed by atoms with Crippen molar-refractivity contribution in [1.82, 2.24) is 0 Å². The first-order chi connectivity index (χ1) is 35.6. The van der Waals surface area contributed by atoms with E-state index in [0.29, 0.717) is 23.9 Å². The highest BCUT2D eigenvalue weighted by atomic mass is 16.7. The molecule has 2 atom stereocenters. The monoisotopic (exact) mass is 1010 g/mol. The summed E-state index contributed by atoms with van der Waals surface area (Å²) in [4.78, 5) is 37.3. The van der Waals surface area contributed by atoms with Gasteiger partial charge in [0.15, 0.2) is 6.10 Å². The number of rotatable bonds is 47. The molecule has 406 valence electrons. The number of allylic oxidation sites excluding steroid dienone is 28. The van der Waals surface area contributed by atoms with E-state index in [2.05, 4.69) is 172 Å². The Hall–Kier alpha value is -5.35. The number of quaternary nitrogens is 1. The van der Waals surface area contributed by atoms with E-state index in [1.807, 2.05) is 33.3 Å². The molecule has 0 aliphatic carbocycles. The topological polar surface area (TPSA) is 108 Å². The lowest BCUT2D eigenvalue weighted by atomic mass is 10.1. The van der Waals surface area contributed by atoms with Crippen LogP contribution >= 0.6 is 0 Å². The Morgan fingerprint density at radius 1 is 0.411 bits per heavy atom. The van der Waals surface area contributed by atoms with Crippen LogP contribution in [0.3, 0.4) is 0 Å². The fraction of sp³-hybridized carbons (Fsp3) is 0.516. The van der Waals surface area contributed by atoms with E-state index in [1.54, 1.807) is 0 Å². The molecule has 0 aromatic heterocycles. The van der Waals surface area contributed by atoms with Crippen LogP contribution in [0.4, 0.5) is 0 Å². The lowest BCUT2D eigenvalue weighted by Crippen LogP contribution is -2.40. The van der Waals surface area contributed by atoms with E-state index in [9.17, 15) is 19.5 Å². The molecule has 0 aromatic carbocycles. The fourth-order valence-electron chi connectivity index (χ4n) is 6.35. The molecule has 0 aliphatic heterocycles. The molecule has 0 amide bonds. The van der Waals surface area contributed by atoms with E-state index in [1.165, 1.54) is 0 Å². The fourth-order valence-corrected chi connectivity index (χ4v) is 6.35. The van der Waals surface area contributed by atoms with E-state index in [4.69, 9.17) is 18.9 Å². The lowest BCUT2D eigenvalue weighted by Gasteiger charge is -2.25. The highest BCUT2D eigenvalue weighted by molar-refractivity contribution is 5.71. The number of ether oxygens (including phenoxy) is 4. The number of esters is 2. The second kappa shape index (κ2) is 53.0. The highest BCUT2D eigenvalue weighted by Gasteiger charge is 2.25. The third kappa shape index (κ3) is 54.3. The minimum Gasteiger partial charge on any atom is -0.477 e. The number of nitrogens with zero attached hydrogens (tertiary/aromatic N) is 1. The van der Waals surface area contributed by atoms with Gasteiger partial charge in [0.25, 0.3) is 6.29 Å². The van der Waals surface area contributed by atoms with E-state index in [-0.39, 0.29) is 32.7 Å². The molecule has 0 heterocycles. The number of carbonyl (C=O) groups is 3. The van der Waals surface area contributed by atoms with Gasteiger partial charge >= 0.3 is 17.9 Å². The summed E-state index contributed by atoms with van der Waals surface area (Å²) < 4.78 is 22.7. The molecule has 0 radical (unpaired) electrons. The summed E-state index contributed by atoms with van der Waals surface area (Å²) in [6, 6.07) is 0. The molecule has 0 bridgehead atoms. The third-order valence-electron chi connectivity index (χ3n) is 10.5. The Morgan fingerprint density at radius 3 is 1.14 bits per heavy atom. The zero-order chi connectivity index (χ0) is 53.4. The Labute approximate surface area is 444 Å². The normalized spacial score (nSPS) is 14.2. The van der Waals surface area contributed by atoms with Gasteiger partial charge in [-0.15, -0.1) is 0 Å².